The van der Waals surface area contributed by atoms with E-state index < -0.39 is 17.8 Å². The molecule has 0 aliphatic carbocycles. The molecule has 0 spiro atoms. The number of imide groups is 1. The van der Waals surface area contributed by atoms with Gasteiger partial charge in [-0.2, -0.15) is 0 Å². The first-order valence-electron chi connectivity index (χ1n) is 10.7. The molecular weight excluding hydrogens is 453 g/mol. The Kier molecular flexibility index (Phi) is 7.06. The van der Waals surface area contributed by atoms with Gasteiger partial charge in [-0.05, 0) is 42.0 Å². The summed E-state index contributed by atoms with van der Waals surface area (Å²) < 4.78 is 24.9. The van der Waals surface area contributed by atoms with Crippen LogP contribution in [0.4, 0.5) is 14.9 Å². The van der Waals surface area contributed by atoms with Crippen LogP contribution in [0.1, 0.15) is 11.1 Å². The van der Waals surface area contributed by atoms with Crippen LogP contribution in [0.25, 0.3) is 6.08 Å². The van der Waals surface area contributed by atoms with Crippen molar-refractivity contribution in [2.75, 3.05) is 19.0 Å². The van der Waals surface area contributed by atoms with Crippen molar-refractivity contribution >= 4 is 29.6 Å². The summed E-state index contributed by atoms with van der Waals surface area (Å²) in [6.45, 7) is -0.416. The second kappa shape index (κ2) is 10.5. The summed E-state index contributed by atoms with van der Waals surface area (Å²) in [5, 5.41) is 5.23. The van der Waals surface area contributed by atoms with Gasteiger partial charge < -0.3 is 20.1 Å². The lowest BCUT2D eigenvalue weighted by atomic mass is 10.1. The molecule has 4 amide bonds. The van der Waals surface area contributed by atoms with Crippen molar-refractivity contribution in [2.45, 2.75) is 6.54 Å². The van der Waals surface area contributed by atoms with Crippen molar-refractivity contribution in [1.29, 1.82) is 0 Å². The van der Waals surface area contributed by atoms with Crippen LogP contribution in [-0.2, 0) is 16.1 Å². The first-order valence-corrected chi connectivity index (χ1v) is 10.7. The Bertz CT molecular complexity index is 1290. The highest BCUT2D eigenvalue weighted by atomic mass is 19.1. The molecule has 0 saturated carbocycles. The van der Waals surface area contributed by atoms with Crippen molar-refractivity contribution in [1.82, 2.24) is 10.2 Å². The molecule has 3 aromatic rings. The number of halogens is 1. The van der Waals surface area contributed by atoms with Gasteiger partial charge >= 0.3 is 6.03 Å². The molecule has 9 heteroatoms. The fraction of sp³-hybridized carbons (Fsp3) is 0.115. The van der Waals surface area contributed by atoms with Crippen LogP contribution in [0.3, 0.4) is 0 Å². The summed E-state index contributed by atoms with van der Waals surface area (Å²) in [6.07, 6.45) is 1.48. The Morgan fingerprint density at radius 2 is 1.77 bits per heavy atom. The third-order valence-corrected chi connectivity index (χ3v) is 5.16. The van der Waals surface area contributed by atoms with E-state index in [-0.39, 0.29) is 30.3 Å². The lowest BCUT2D eigenvalue weighted by Crippen LogP contribution is -2.30. The van der Waals surface area contributed by atoms with E-state index >= 15 is 0 Å². The number of amides is 4. The van der Waals surface area contributed by atoms with Crippen molar-refractivity contribution < 1.29 is 28.2 Å². The lowest BCUT2D eigenvalue weighted by molar-refractivity contribution is -0.123. The third-order valence-electron chi connectivity index (χ3n) is 5.16. The molecule has 0 bridgehead atoms. The smallest absolute Gasteiger partial charge is 0.329 e. The number of rotatable bonds is 8. The molecule has 1 fully saturated rings. The maximum absolute atomic E-state index is 13.9. The fourth-order valence-corrected chi connectivity index (χ4v) is 3.43. The molecule has 1 saturated heterocycles. The van der Waals surface area contributed by atoms with Crippen LogP contribution < -0.4 is 20.1 Å². The van der Waals surface area contributed by atoms with Crippen molar-refractivity contribution in [3.05, 3.63) is 95.4 Å². The number of anilines is 1. The van der Waals surface area contributed by atoms with Crippen molar-refractivity contribution in [2.24, 2.45) is 0 Å². The normalized spacial score (nSPS) is 14.1. The monoisotopic (exact) mass is 475 g/mol. The summed E-state index contributed by atoms with van der Waals surface area (Å²) in [7, 11) is 1.45. The zero-order valence-corrected chi connectivity index (χ0v) is 18.8. The standard InChI is InChI=1S/C26H22FN3O5/c1-34-23-14-17(11-12-22(23)35-16-24(31)28-19-8-3-2-4-9-19)13-21-25(32)30(26(33)29-21)15-18-7-5-6-10-20(18)27/h2-14H,15-16H2,1H3,(H,28,31)(H,29,33)/b21-13+. The van der Waals surface area contributed by atoms with Gasteiger partial charge in [0, 0.05) is 11.3 Å². The van der Waals surface area contributed by atoms with Crippen LogP contribution in [0.2, 0.25) is 0 Å². The second-order valence-electron chi connectivity index (χ2n) is 7.58. The van der Waals surface area contributed by atoms with E-state index in [1.54, 1.807) is 36.4 Å². The molecule has 178 valence electrons. The van der Waals surface area contributed by atoms with Gasteiger partial charge in [0.2, 0.25) is 0 Å². The van der Waals surface area contributed by atoms with Gasteiger partial charge in [-0.3, -0.25) is 14.5 Å². The number of ether oxygens (including phenoxy) is 2. The molecule has 8 nitrogen and oxygen atoms in total. The molecule has 3 aromatic carbocycles. The summed E-state index contributed by atoms with van der Waals surface area (Å²) in [5.74, 6) is -0.732. The number of carbonyl (C=O) groups excluding carboxylic acids is 3. The van der Waals surface area contributed by atoms with Gasteiger partial charge in [-0.25, -0.2) is 9.18 Å². The highest BCUT2D eigenvalue weighted by Gasteiger charge is 2.34. The average molecular weight is 475 g/mol. The lowest BCUT2D eigenvalue weighted by Gasteiger charge is -2.12. The first kappa shape index (κ1) is 23.5. The SMILES string of the molecule is COc1cc(/C=C2/NC(=O)N(Cc3ccccc3F)C2=O)ccc1OCC(=O)Nc1ccccc1. The minimum atomic E-state index is -0.638. The van der Waals surface area contributed by atoms with Crippen LogP contribution in [0.15, 0.2) is 78.5 Å². The predicted octanol–water partition coefficient (Wildman–Crippen LogP) is 3.94. The topological polar surface area (TPSA) is 97.0 Å². The Labute approximate surface area is 201 Å². The molecule has 1 aliphatic heterocycles. The van der Waals surface area contributed by atoms with E-state index in [4.69, 9.17) is 9.47 Å². The molecule has 1 heterocycles. The maximum atomic E-state index is 13.9. The predicted molar refractivity (Wildman–Crippen MR) is 127 cm³/mol. The van der Waals surface area contributed by atoms with Crippen molar-refractivity contribution in [3.8, 4) is 11.5 Å². The average Bonchev–Trinajstić information content (AvgIpc) is 3.12. The molecule has 1 aliphatic rings. The Balaban J connectivity index is 1.43. The van der Waals surface area contributed by atoms with E-state index in [0.29, 0.717) is 22.7 Å². The number of urea groups is 1. The summed E-state index contributed by atoms with van der Waals surface area (Å²) in [6, 6.07) is 19.2. The van der Waals surface area contributed by atoms with E-state index in [0.717, 1.165) is 4.90 Å². The highest BCUT2D eigenvalue weighted by Crippen LogP contribution is 2.29. The van der Waals surface area contributed by atoms with Gasteiger partial charge in [0.25, 0.3) is 11.8 Å². The molecule has 4 rings (SSSR count). The maximum Gasteiger partial charge on any atom is 0.329 e. The van der Waals surface area contributed by atoms with E-state index in [9.17, 15) is 18.8 Å². The van der Waals surface area contributed by atoms with Gasteiger partial charge in [-0.1, -0.05) is 42.5 Å². The molecule has 2 N–H and O–H groups in total. The zero-order valence-electron chi connectivity index (χ0n) is 18.8. The molecule has 35 heavy (non-hydrogen) atoms. The quantitative estimate of drug-likeness (QED) is 0.380. The van der Waals surface area contributed by atoms with E-state index in [1.807, 2.05) is 18.2 Å². The summed E-state index contributed by atoms with van der Waals surface area (Å²) >= 11 is 0. The summed E-state index contributed by atoms with van der Waals surface area (Å²) in [5.41, 5.74) is 1.49. The highest BCUT2D eigenvalue weighted by molar-refractivity contribution is 6.13. The summed E-state index contributed by atoms with van der Waals surface area (Å²) in [4.78, 5) is 38.1. The first-order chi connectivity index (χ1) is 16.9. The number of hydrogen-bond acceptors (Lipinski definition) is 5. The van der Waals surface area contributed by atoms with Crippen LogP contribution in [0.5, 0.6) is 11.5 Å². The molecular formula is C26H22FN3O5. The number of nitrogens with one attached hydrogen (secondary N) is 2. The van der Waals surface area contributed by atoms with Gasteiger partial charge in [0.15, 0.2) is 18.1 Å². The molecule has 0 atom stereocenters. The molecule has 0 radical (unpaired) electrons. The number of nitrogens with zero attached hydrogens (tertiary/aromatic N) is 1. The Morgan fingerprint density at radius 1 is 1.03 bits per heavy atom. The number of carbonyl (C=O) groups is 3. The number of para-hydroxylation sites is 1. The van der Waals surface area contributed by atoms with Gasteiger partial charge in [0.05, 0.1) is 13.7 Å². The van der Waals surface area contributed by atoms with Gasteiger partial charge in [-0.15, -0.1) is 0 Å². The van der Waals surface area contributed by atoms with Crippen LogP contribution in [-0.4, -0.2) is 36.5 Å². The second-order valence-corrected chi connectivity index (χ2v) is 7.58. The third kappa shape index (κ3) is 5.64. The largest absolute Gasteiger partial charge is 0.493 e. The van der Waals surface area contributed by atoms with E-state index in [1.165, 1.54) is 31.4 Å². The van der Waals surface area contributed by atoms with E-state index in [2.05, 4.69) is 10.6 Å². The minimum Gasteiger partial charge on any atom is -0.493 e. The van der Waals surface area contributed by atoms with Crippen molar-refractivity contribution in [3.63, 3.8) is 0 Å². The Morgan fingerprint density at radius 3 is 2.51 bits per heavy atom. The molecule has 0 aromatic heterocycles. The minimum absolute atomic E-state index is 0.0456. The van der Waals surface area contributed by atoms with Crippen LogP contribution in [0, 0.1) is 5.82 Å². The van der Waals surface area contributed by atoms with Gasteiger partial charge in [0.1, 0.15) is 11.5 Å². The molecule has 0 unspecified atom stereocenters. The zero-order chi connectivity index (χ0) is 24.8. The van der Waals surface area contributed by atoms with Crippen LogP contribution >= 0.6 is 0 Å². The number of benzene rings is 3. The number of hydrogen-bond donors (Lipinski definition) is 2. The number of methoxy groups -OCH3 is 1. The fourth-order valence-electron chi connectivity index (χ4n) is 3.43. The Hall–Kier alpha value is -4.66.